The van der Waals surface area contributed by atoms with Gasteiger partial charge in [0.05, 0.1) is 0 Å². The smallest absolute Gasteiger partial charge is 0.0623 e. The summed E-state index contributed by atoms with van der Waals surface area (Å²) in [5, 5.41) is 2.08. The number of hydrogen-bond acceptors (Lipinski definition) is 3. The molecule has 23 heavy (non-hydrogen) atoms. The number of nitrogens with zero attached hydrogens (tertiary/aromatic N) is 2. The molecule has 0 saturated carbocycles. The van der Waals surface area contributed by atoms with Crippen LogP contribution in [0.25, 0.3) is 0 Å². The van der Waals surface area contributed by atoms with Crippen LogP contribution in [0.15, 0.2) is 39.6 Å². The molecule has 3 rings (SSSR count). The van der Waals surface area contributed by atoms with Gasteiger partial charge in [-0.3, -0.25) is 0 Å². The zero-order valence-electron chi connectivity index (χ0n) is 13.1. The predicted molar refractivity (Wildman–Crippen MR) is 105 cm³/mol. The third-order valence-electron chi connectivity index (χ3n) is 3.00. The quantitative estimate of drug-likeness (QED) is 0.448. The van der Waals surface area contributed by atoms with Gasteiger partial charge in [0, 0.05) is 0 Å². The van der Waals surface area contributed by atoms with Gasteiger partial charge in [-0.1, -0.05) is 20.8 Å². The van der Waals surface area contributed by atoms with Crippen molar-refractivity contribution in [3.63, 3.8) is 0 Å². The summed E-state index contributed by atoms with van der Waals surface area (Å²) in [6.45, 7) is 6.33. The van der Waals surface area contributed by atoms with Gasteiger partial charge in [-0.15, -0.1) is 24.8 Å². The van der Waals surface area contributed by atoms with Crippen molar-refractivity contribution in [2.45, 2.75) is 20.8 Å². The van der Waals surface area contributed by atoms with Crippen LogP contribution in [-0.4, -0.2) is 21.4 Å². The Balaban J connectivity index is 0.000000401. The van der Waals surface area contributed by atoms with Crippen LogP contribution >= 0.6 is 36.2 Å². The van der Waals surface area contributed by atoms with E-state index in [4.69, 9.17) is 0 Å². The molecule has 126 valence electrons. The van der Waals surface area contributed by atoms with E-state index in [0.29, 0.717) is 0 Å². The van der Waals surface area contributed by atoms with Crippen molar-refractivity contribution in [1.29, 1.82) is 0 Å². The molecule has 0 N–H and O–H groups in total. The molecule has 1 aromatic heterocycles. The summed E-state index contributed by atoms with van der Waals surface area (Å²) in [5.74, 6) is 0. The van der Waals surface area contributed by atoms with Gasteiger partial charge in [0.2, 0.25) is 0 Å². The van der Waals surface area contributed by atoms with E-state index >= 15 is 0 Å². The molecule has 1 aromatic carbocycles. The number of aliphatic imine (C=N–C) groups is 2. The molecule has 0 spiro atoms. The standard InChI is InChI=1S/C9H11.C5H4S.C3H2N2.2ClH.Ru/c1-7-5-4-6-8(2)9(7)3;1-5-3-2-4-6-5;1-2-5-3-4-1;;;/h4-5H,1-3H3;1-4H;1-2H;2*1H;/q-1;;;;;. The van der Waals surface area contributed by atoms with Crippen molar-refractivity contribution in [2.75, 3.05) is 0 Å². The number of halogens is 2. The summed E-state index contributed by atoms with van der Waals surface area (Å²) in [6.07, 6.45) is 3.48. The largest absolute Gasteiger partial charge is 0.180 e. The zero-order chi connectivity index (χ0) is 15.1. The van der Waals surface area contributed by atoms with Gasteiger partial charge in [-0.25, -0.2) is 0 Å². The number of aryl methyl sites for hydroxylation is 2. The molecule has 0 aliphatic carbocycles. The van der Waals surface area contributed by atoms with Gasteiger partial charge in [-0.2, -0.15) is 34.9 Å². The average Bonchev–Trinajstić information content (AvgIpc) is 3.16. The van der Waals surface area contributed by atoms with E-state index in [1.165, 1.54) is 21.6 Å². The Kier molecular flexibility index (Phi) is 11.3. The molecule has 0 atom stereocenters. The monoisotopic (exact) mass is 455 g/mol. The van der Waals surface area contributed by atoms with Crippen molar-refractivity contribution in [1.82, 2.24) is 0 Å². The first-order valence-electron chi connectivity index (χ1n) is 6.52. The van der Waals surface area contributed by atoms with Crippen molar-refractivity contribution in [3.8, 4) is 0 Å². The first kappa shape index (κ1) is 22.2. The first-order valence-corrected chi connectivity index (χ1v) is 9.27. The Morgan fingerprint density at radius 3 is 2.30 bits per heavy atom. The molecule has 0 saturated heterocycles. The second-order valence-corrected chi connectivity index (χ2v) is 7.20. The molecular formula is C17H19Cl2N2RuS-. The fourth-order valence-corrected chi connectivity index (χ4v) is 3.82. The number of hydrogen-bond donors (Lipinski definition) is 0. The molecule has 1 aliphatic rings. The van der Waals surface area contributed by atoms with Gasteiger partial charge in [0.15, 0.2) is 0 Å². The first-order chi connectivity index (χ1) is 10.2. The molecule has 0 unspecified atom stereocenters. The van der Waals surface area contributed by atoms with Crippen LogP contribution in [0.5, 0.6) is 0 Å². The molecule has 0 radical (unpaired) electrons. The minimum absolute atomic E-state index is 0. The van der Waals surface area contributed by atoms with Crippen LogP contribution in [-0.2, 0) is 16.2 Å². The van der Waals surface area contributed by atoms with Gasteiger partial charge in [0.1, 0.15) is 0 Å². The van der Waals surface area contributed by atoms with Crippen molar-refractivity contribution in [3.05, 3.63) is 57.3 Å². The maximum Gasteiger partial charge on any atom is -0.0623 e. The van der Waals surface area contributed by atoms with Gasteiger partial charge < -0.3 is 0 Å². The van der Waals surface area contributed by atoms with Crippen LogP contribution < -0.4 is 0 Å². The number of thiophene rings is 1. The van der Waals surface area contributed by atoms with Crippen molar-refractivity contribution in [2.24, 2.45) is 9.98 Å². The van der Waals surface area contributed by atoms with E-state index in [2.05, 4.69) is 65.0 Å². The van der Waals surface area contributed by atoms with Crippen LogP contribution in [0.3, 0.4) is 0 Å². The van der Waals surface area contributed by atoms with Crippen LogP contribution in [0.4, 0.5) is 0 Å². The molecule has 0 amide bonds. The minimum atomic E-state index is 0. The summed E-state index contributed by atoms with van der Waals surface area (Å²) in [7, 11) is 0. The summed E-state index contributed by atoms with van der Waals surface area (Å²) in [4.78, 5) is 9.55. The van der Waals surface area contributed by atoms with Gasteiger partial charge in [0.25, 0.3) is 0 Å². The molecule has 0 bridgehead atoms. The molecule has 0 fully saturated rings. The zero-order valence-corrected chi connectivity index (χ0v) is 17.3. The van der Waals surface area contributed by atoms with Crippen molar-refractivity contribution >= 4 is 57.5 Å². The molecule has 2 nitrogen and oxygen atoms in total. The Hall–Kier alpha value is -0.797. The number of rotatable bonds is 1. The van der Waals surface area contributed by atoms with Gasteiger partial charge >= 0.3 is 81.3 Å². The van der Waals surface area contributed by atoms with Crippen LogP contribution in [0.1, 0.15) is 21.6 Å². The fourth-order valence-electron chi connectivity index (χ4n) is 1.54. The van der Waals surface area contributed by atoms with Gasteiger partial charge in [-0.05, 0) is 0 Å². The second kappa shape index (κ2) is 11.7. The maximum atomic E-state index is 4.12. The maximum absolute atomic E-state index is 4.12. The minimum Gasteiger partial charge on any atom is -0.180 e. The summed E-state index contributed by atoms with van der Waals surface area (Å²) < 4.78 is 3.21. The average molecular weight is 455 g/mol. The third-order valence-corrected chi connectivity index (χ3v) is 5.83. The molecule has 2 heterocycles. The fraction of sp³-hybridized carbons (Fsp3) is 0.176. The number of benzene rings is 1. The van der Waals surface area contributed by atoms with E-state index in [1.54, 1.807) is 23.8 Å². The Morgan fingerprint density at radius 2 is 1.78 bits per heavy atom. The second-order valence-electron chi connectivity index (χ2n) is 4.44. The van der Waals surface area contributed by atoms with E-state index in [1.807, 2.05) is 6.07 Å². The molecule has 1 aliphatic heterocycles. The molecular weight excluding hydrogens is 436 g/mol. The predicted octanol–water partition coefficient (Wildman–Crippen LogP) is 4.48. The SMILES string of the molecule is C1=N[C](=[Ru]=[CH]c2cccs2)N=C1.Cc1[c-]ccc(C)c1C.Cl.Cl. The topological polar surface area (TPSA) is 24.7 Å². The summed E-state index contributed by atoms with van der Waals surface area (Å²) in [6, 6.07) is 11.4. The van der Waals surface area contributed by atoms with Crippen LogP contribution in [0.2, 0.25) is 0 Å². The molecule has 2 aromatic rings. The molecule has 6 heteroatoms. The Labute approximate surface area is 161 Å². The third kappa shape index (κ3) is 7.54. The van der Waals surface area contributed by atoms with E-state index in [9.17, 15) is 0 Å². The van der Waals surface area contributed by atoms with Crippen molar-refractivity contribution < 1.29 is 16.2 Å². The Morgan fingerprint density at radius 1 is 1.09 bits per heavy atom. The van der Waals surface area contributed by atoms with E-state index in [0.717, 1.165) is 4.35 Å². The summed E-state index contributed by atoms with van der Waals surface area (Å²) in [5.41, 5.74) is 3.97. The van der Waals surface area contributed by atoms with Crippen LogP contribution in [0, 0.1) is 26.8 Å². The Bertz CT molecular complexity index is 697. The summed E-state index contributed by atoms with van der Waals surface area (Å²) >= 11 is 1.80. The van der Waals surface area contributed by atoms with E-state index < -0.39 is 0 Å². The van der Waals surface area contributed by atoms with E-state index in [-0.39, 0.29) is 41.0 Å². The normalized spacial score (nSPS) is 11.2.